The van der Waals surface area contributed by atoms with Crippen molar-refractivity contribution in [3.63, 3.8) is 0 Å². The lowest BCUT2D eigenvalue weighted by Gasteiger charge is -2.19. The third-order valence-corrected chi connectivity index (χ3v) is 3.50. The first kappa shape index (κ1) is 18.5. The summed E-state index contributed by atoms with van der Waals surface area (Å²) in [6, 6.07) is 4.73. The van der Waals surface area contributed by atoms with Gasteiger partial charge in [0.25, 0.3) is 5.91 Å². The predicted molar refractivity (Wildman–Crippen MR) is 88.0 cm³/mol. The molecule has 0 saturated heterocycles. The highest BCUT2D eigenvalue weighted by Gasteiger charge is 2.20. The van der Waals surface area contributed by atoms with Gasteiger partial charge in [0, 0.05) is 16.1 Å². The van der Waals surface area contributed by atoms with Crippen LogP contribution in [0.4, 0.5) is 0 Å². The molecule has 0 spiro atoms. The van der Waals surface area contributed by atoms with Gasteiger partial charge >= 0.3 is 5.97 Å². The van der Waals surface area contributed by atoms with Crippen LogP contribution in [0, 0.1) is 0 Å². The van der Waals surface area contributed by atoms with E-state index in [1.165, 1.54) is 13.0 Å². The minimum Gasteiger partial charge on any atom is -0.449 e. The molecule has 4 nitrogen and oxygen atoms in total. The van der Waals surface area contributed by atoms with Gasteiger partial charge in [0.15, 0.2) is 6.10 Å². The van der Waals surface area contributed by atoms with Crippen molar-refractivity contribution in [3.8, 4) is 0 Å². The Bertz CT molecular complexity index is 573. The van der Waals surface area contributed by atoms with Crippen LogP contribution < -0.4 is 5.32 Å². The molecule has 6 heteroatoms. The maximum absolute atomic E-state index is 12.0. The van der Waals surface area contributed by atoms with Crippen LogP contribution in [0.25, 0.3) is 0 Å². The van der Waals surface area contributed by atoms with Crippen LogP contribution in [0.5, 0.6) is 0 Å². The van der Waals surface area contributed by atoms with Gasteiger partial charge in [0.1, 0.15) is 0 Å². The van der Waals surface area contributed by atoms with Gasteiger partial charge in [-0.05, 0) is 38.0 Å². The Balaban J connectivity index is 2.63. The maximum Gasteiger partial charge on any atom is 0.331 e. The largest absolute Gasteiger partial charge is 0.449 e. The van der Waals surface area contributed by atoms with Gasteiger partial charge in [0.2, 0.25) is 0 Å². The van der Waals surface area contributed by atoms with E-state index in [2.05, 4.69) is 5.32 Å². The number of allylic oxidation sites excluding steroid dienone is 1. The molecule has 0 heterocycles. The number of benzene rings is 1. The van der Waals surface area contributed by atoms with E-state index in [1.807, 2.05) is 6.92 Å². The molecule has 1 amide bonds. The summed E-state index contributed by atoms with van der Waals surface area (Å²) in [6.07, 6.45) is 2.82. The highest BCUT2D eigenvalue weighted by atomic mass is 35.5. The normalized spacial score (nSPS) is 13.7. The molecule has 1 aromatic rings. The van der Waals surface area contributed by atoms with E-state index in [-0.39, 0.29) is 6.04 Å². The average molecular weight is 344 g/mol. The number of carbonyl (C=O) groups excluding carboxylic acids is 2. The zero-order chi connectivity index (χ0) is 16.7. The molecule has 2 atom stereocenters. The number of halogens is 2. The van der Waals surface area contributed by atoms with E-state index in [9.17, 15) is 9.59 Å². The zero-order valence-corrected chi connectivity index (χ0v) is 14.2. The third-order valence-electron chi connectivity index (χ3n) is 2.94. The summed E-state index contributed by atoms with van der Waals surface area (Å²) in [5.74, 6) is -0.932. The molecule has 0 aromatic heterocycles. The van der Waals surface area contributed by atoms with Crippen LogP contribution in [0.1, 0.15) is 38.8 Å². The summed E-state index contributed by atoms with van der Waals surface area (Å²) >= 11 is 11.9. The quantitative estimate of drug-likeness (QED) is 0.625. The van der Waals surface area contributed by atoms with Gasteiger partial charge in [0.05, 0.1) is 6.04 Å². The number of rotatable bonds is 6. The summed E-state index contributed by atoms with van der Waals surface area (Å²) < 4.78 is 5.01. The topological polar surface area (TPSA) is 55.4 Å². The Labute approximate surface area is 140 Å². The van der Waals surface area contributed by atoms with Crippen molar-refractivity contribution in [2.45, 2.75) is 39.3 Å². The molecule has 0 aliphatic heterocycles. The number of nitrogens with one attached hydrogen (secondary N) is 1. The number of ether oxygens (including phenoxy) is 1. The van der Waals surface area contributed by atoms with E-state index in [0.29, 0.717) is 10.0 Å². The smallest absolute Gasteiger partial charge is 0.331 e. The molecule has 0 fully saturated rings. The van der Waals surface area contributed by atoms with Crippen LogP contribution in [0.2, 0.25) is 10.0 Å². The van der Waals surface area contributed by atoms with Crippen molar-refractivity contribution in [3.05, 3.63) is 46.0 Å². The second kappa shape index (κ2) is 8.81. The molecular formula is C16H19Cl2NO3. The monoisotopic (exact) mass is 343 g/mol. The SMILES string of the molecule is CC/C=C/C(=O)O[C@@H](C)C(=O)N[C@H](C)c1ccc(Cl)cc1Cl. The summed E-state index contributed by atoms with van der Waals surface area (Å²) in [5.41, 5.74) is 0.740. The fourth-order valence-electron chi connectivity index (χ4n) is 1.74. The molecule has 1 aromatic carbocycles. The molecule has 0 aliphatic rings. The van der Waals surface area contributed by atoms with Crippen molar-refractivity contribution in [2.24, 2.45) is 0 Å². The van der Waals surface area contributed by atoms with E-state index < -0.39 is 18.0 Å². The molecule has 22 heavy (non-hydrogen) atoms. The number of hydrogen-bond acceptors (Lipinski definition) is 3. The van der Waals surface area contributed by atoms with E-state index in [4.69, 9.17) is 27.9 Å². The van der Waals surface area contributed by atoms with Crippen molar-refractivity contribution in [2.75, 3.05) is 0 Å². The summed E-state index contributed by atoms with van der Waals surface area (Å²) in [4.78, 5) is 23.5. The van der Waals surface area contributed by atoms with E-state index >= 15 is 0 Å². The second-order valence-electron chi connectivity index (χ2n) is 4.79. The first-order valence-electron chi connectivity index (χ1n) is 6.97. The highest BCUT2D eigenvalue weighted by Crippen LogP contribution is 2.26. The van der Waals surface area contributed by atoms with Gasteiger partial charge in [-0.15, -0.1) is 0 Å². The molecular weight excluding hydrogens is 325 g/mol. The van der Waals surface area contributed by atoms with Gasteiger partial charge in [-0.3, -0.25) is 4.79 Å². The molecule has 1 N–H and O–H groups in total. The summed E-state index contributed by atoms with van der Waals surface area (Å²) in [6.45, 7) is 5.21. The Kier molecular flexibility index (Phi) is 7.42. The Hall–Kier alpha value is -1.52. The zero-order valence-electron chi connectivity index (χ0n) is 12.7. The molecule has 120 valence electrons. The van der Waals surface area contributed by atoms with Crippen LogP contribution in [0.15, 0.2) is 30.4 Å². The fraction of sp³-hybridized carbons (Fsp3) is 0.375. The van der Waals surface area contributed by atoms with Gasteiger partial charge < -0.3 is 10.1 Å². The standard InChI is InChI=1S/C16H19Cl2NO3/c1-4-5-6-15(20)22-11(3)16(21)19-10(2)13-8-7-12(17)9-14(13)18/h5-11H,4H2,1-3H3,(H,19,21)/b6-5+/t10-,11+/m1/s1. The van der Waals surface area contributed by atoms with Gasteiger partial charge in [-0.1, -0.05) is 42.3 Å². The van der Waals surface area contributed by atoms with Gasteiger partial charge in [-0.2, -0.15) is 0 Å². The van der Waals surface area contributed by atoms with Crippen LogP contribution in [0.3, 0.4) is 0 Å². The van der Waals surface area contributed by atoms with Crippen molar-refractivity contribution in [1.82, 2.24) is 5.32 Å². The lowest BCUT2D eigenvalue weighted by Crippen LogP contribution is -2.37. The Morgan fingerprint density at radius 2 is 2.00 bits per heavy atom. The number of carbonyl (C=O) groups is 2. The third kappa shape index (κ3) is 5.70. The number of hydrogen-bond donors (Lipinski definition) is 1. The lowest BCUT2D eigenvalue weighted by atomic mass is 10.1. The molecule has 1 rings (SSSR count). The van der Waals surface area contributed by atoms with E-state index in [1.54, 1.807) is 31.2 Å². The minimum atomic E-state index is -0.887. The second-order valence-corrected chi connectivity index (χ2v) is 5.63. The van der Waals surface area contributed by atoms with Crippen LogP contribution in [-0.2, 0) is 14.3 Å². The molecule has 0 aliphatic carbocycles. The highest BCUT2D eigenvalue weighted by molar-refractivity contribution is 6.35. The Morgan fingerprint density at radius 3 is 2.59 bits per heavy atom. The Morgan fingerprint density at radius 1 is 1.32 bits per heavy atom. The minimum absolute atomic E-state index is 0.329. The van der Waals surface area contributed by atoms with Gasteiger partial charge in [-0.25, -0.2) is 4.79 Å². The predicted octanol–water partition coefficient (Wildman–Crippen LogP) is 4.07. The molecule has 0 saturated carbocycles. The number of esters is 1. The van der Waals surface area contributed by atoms with Crippen molar-refractivity contribution < 1.29 is 14.3 Å². The van der Waals surface area contributed by atoms with Crippen LogP contribution in [-0.4, -0.2) is 18.0 Å². The average Bonchev–Trinajstić information content (AvgIpc) is 2.44. The molecule has 0 unspecified atom stereocenters. The van der Waals surface area contributed by atoms with E-state index in [0.717, 1.165) is 12.0 Å². The van der Waals surface area contributed by atoms with Crippen molar-refractivity contribution >= 4 is 35.1 Å². The molecule has 0 radical (unpaired) electrons. The van der Waals surface area contributed by atoms with Crippen molar-refractivity contribution in [1.29, 1.82) is 0 Å². The van der Waals surface area contributed by atoms with Crippen LogP contribution >= 0.6 is 23.2 Å². The lowest BCUT2D eigenvalue weighted by molar-refractivity contribution is -0.150. The first-order chi connectivity index (χ1) is 10.3. The maximum atomic E-state index is 12.0. The molecule has 0 bridgehead atoms. The first-order valence-corrected chi connectivity index (χ1v) is 7.73. The fourth-order valence-corrected chi connectivity index (χ4v) is 2.31. The number of amides is 1. The summed E-state index contributed by atoms with van der Waals surface area (Å²) in [7, 11) is 0. The summed E-state index contributed by atoms with van der Waals surface area (Å²) in [5, 5.41) is 3.74.